The molecule has 1 atom stereocenters. The van der Waals surface area contributed by atoms with Gasteiger partial charge >= 0.3 is 0 Å². The summed E-state index contributed by atoms with van der Waals surface area (Å²) in [6.07, 6.45) is 7.44. The number of allylic oxidation sites excluding steroid dienone is 2. The van der Waals surface area contributed by atoms with Crippen molar-refractivity contribution < 1.29 is 13.2 Å². The minimum absolute atomic E-state index is 0.0268. The highest BCUT2D eigenvalue weighted by Gasteiger charge is 2.43. The van der Waals surface area contributed by atoms with Gasteiger partial charge in [0.15, 0.2) is 9.84 Å². The van der Waals surface area contributed by atoms with Gasteiger partial charge < -0.3 is 5.73 Å². The Hall–Kier alpha value is -2.44. The highest BCUT2D eigenvalue weighted by Crippen LogP contribution is 2.42. The molecular weight excluding hydrogens is 372 g/mol. The van der Waals surface area contributed by atoms with E-state index in [2.05, 4.69) is 4.98 Å². The molecule has 0 saturated carbocycles. The Bertz CT molecular complexity index is 1030. The van der Waals surface area contributed by atoms with E-state index in [0.717, 1.165) is 6.26 Å². The van der Waals surface area contributed by atoms with Crippen LogP contribution in [-0.2, 0) is 19.4 Å². The number of pyridine rings is 1. The van der Waals surface area contributed by atoms with Crippen LogP contribution in [-0.4, -0.2) is 25.6 Å². The maximum Gasteiger partial charge on any atom is 0.244 e. The molecule has 0 spiro atoms. The summed E-state index contributed by atoms with van der Waals surface area (Å²) in [6.45, 7) is 0. The minimum atomic E-state index is -3.62. The minimum Gasteiger partial charge on any atom is -0.366 e. The van der Waals surface area contributed by atoms with E-state index in [1.54, 1.807) is 54.8 Å². The molecule has 5 nitrogen and oxygen atoms in total. The van der Waals surface area contributed by atoms with Gasteiger partial charge in [0.1, 0.15) is 4.75 Å². The molecule has 1 unspecified atom stereocenters. The fourth-order valence-corrected chi connectivity index (χ4v) is 4.58. The first-order chi connectivity index (χ1) is 12.2. The first-order valence-electron chi connectivity index (χ1n) is 7.84. The average Bonchev–Trinajstić information content (AvgIpc) is 2.62. The van der Waals surface area contributed by atoms with Crippen LogP contribution in [0.5, 0.6) is 0 Å². The van der Waals surface area contributed by atoms with E-state index in [-0.39, 0.29) is 12.0 Å². The predicted octanol–water partition coefficient (Wildman–Crippen LogP) is 3.01. The Labute approximate surface area is 157 Å². The fourth-order valence-electron chi connectivity index (χ4n) is 3.06. The van der Waals surface area contributed by atoms with E-state index in [4.69, 9.17) is 17.3 Å². The van der Waals surface area contributed by atoms with Crippen LogP contribution in [0.25, 0.3) is 11.3 Å². The number of nitrogens with two attached hydrogens (primary N) is 1. The Balaban J connectivity index is 2.21. The van der Waals surface area contributed by atoms with Crippen LogP contribution in [0.2, 0.25) is 5.02 Å². The van der Waals surface area contributed by atoms with Crippen LogP contribution in [0.4, 0.5) is 0 Å². The summed E-state index contributed by atoms with van der Waals surface area (Å²) in [7, 11) is -3.62. The van der Waals surface area contributed by atoms with Crippen LogP contribution >= 0.6 is 11.6 Å². The summed E-state index contributed by atoms with van der Waals surface area (Å²) in [4.78, 5) is 15.9. The molecule has 26 heavy (non-hydrogen) atoms. The van der Waals surface area contributed by atoms with Crippen molar-refractivity contribution in [3.63, 3.8) is 0 Å². The molecule has 7 heteroatoms. The van der Waals surface area contributed by atoms with Gasteiger partial charge in [0.25, 0.3) is 0 Å². The third kappa shape index (κ3) is 3.18. The second-order valence-electron chi connectivity index (χ2n) is 6.16. The lowest BCUT2D eigenvalue weighted by molar-refractivity contribution is -0.114. The maximum atomic E-state index is 12.7. The molecule has 0 fully saturated rings. The van der Waals surface area contributed by atoms with Crippen LogP contribution in [0.3, 0.4) is 0 Å². The zero-order chi connectivity index (χ0) is 18.9. The Kier molecular flexibility index (Phi) is 4.73. The van der Waals surface area contributed by atoms with Crippen LogP contribution in [0, 0.1) is 0 Å². The summed E-state index contributed by atoms with van der Waals surface area (Å²) < 4.78 is 24.1. The van der Waals surface area contributed by atoms with E-state index >= 15 is 0 Å². The number of aromatic nitrogens is 1. The number of carbonyl (C=O) groups is 1. The van der Waals surface area contributed by atoms with Gasteiger partial charge in [-0.3, -0.25) is 9.78 Å². The van der Waals surface area contributed by atoms with E-state index in [1.807, 2.05) is 6.07 Å². The standard InChI is InChI=1S/C19H17ClN2O3S/c1-26(24,25)19(9-4-5-13(12-19)18(21)23)14-7-8-16(20)15(11-14)17-6-2-3-10-22-17/h2-11H,12H2,1H3,(H2,21,23). The van der Waals surface area contributed by atoms with Crippen molar-refractivity contribution >= 4 is 27.3 Å². The molecule has 3 rings (SSSR count). The number of nitrogens with zero attached hydrogens (tertiary/aromatic N) is 1. The Morgan fingerprint density at radius 2 is 2.04 bits per heavy atom. The molecule has 1 aliphatic carbocycles. The molecule has 0 radical (unpaired) electrons. The van der Waals surface area contributed by atoms with Crippen molar-refractivity contribution in [3.8, 4) is 11.3 Å². The predicted molar refractivity (Wildman–Crippen MR) is 102 cm³/mol. The van der Waals surface area contributed by atoms with Gasteiger partial charge in [-0.15, -0.1) is 0 Å². The van der Waals surface area contributed by atoms with Crippen molar-refractivity contribution in [2.75, 3.05) is 6.26 Å². The number of halogens is 1. The third-order valence-electron chi connectivity index (χ3n) is 4.49. The third-order valence-corrected chi connectivity index (χ3v) is 6.66. The quantitative estimate of drug-likeness (QED) is 0.871. The molecular formula is C19H17ClN2O3S. The van der Waals surface area contributed by atoms with Crippen LogP contribution in [0.1, 0.15) is 12.0 Å². The van der Waals surface area contributed by atoms with Gasteiger partial charge in [-0.25, -0.2) is 8.42 Å². The number of hydrogen-bond donors (Lipinski definition) is 1. The number of hydrogen-bond acceptors (Lipinski definition) is 4. The first kappa shape index (κ1) is 18.4. The van der Waals surface area contributed by atoms with Gasteiger partial charge in [0.05, 0.1) is 5.69 Å². The number of benzene rings is 1. The average molecular weight is 389 g/mol. The molecule has 0 saturated heterocycles. The molecule has 0 bridgehead atoms. The number of rotatable bonds is 4. The summed E-state index contributed by atoms with van der Waals surface area (Å²) in [5.74, 6) is -0.638. The Morgan fingerprint density at radius 3 is 2.65 bits per heavy atom. The summed E-state index contributed by atoms with van der Waals surface area (Å²) >= 11 is 6.32. The lowest BCUT2D eigenvalue weighted by Crippen LogP contribution is -2.37. The van der Waals surface area contributed by atoms with Crippen molar-refractivity contribution in [2.24, 2.45) is 5.73 Å². The second kappa shape index (κ2) is 6.70. The van der Waals surface area contributed by atoms with Gasteiger partial charge in [-0.2, -0.15) is 0 Å². The topological polar surface area (TPSA) is 90.1 Å². The molecule has 1 aromatic heterocycles. The lowest BCUT2D eigenvalue weighted by Gasteiger charge is -2.32. The van der Waals surface area contributed by atoms with E-state index in [9.17, 15) is 13.2 Å². The zero-order valence-corrected chi connectivity index (χ0v) is 15.6. The van der Waals surface area contributed by atoms with Crippen molar-refractivity contribution in [3.05, 3.63) is 77.0 Å². The second-order valence-corrected chi connectivity index (χ2v) is 8.84. The summed E-state index contributed by atoms with van der Waals surface area (Å²) in [6, 6.07) is 10.4. The maximum absolute atomic E-state index is 12.7. The molecule has 134 valence electrons. The number of amides is 1. The number of carbonyl (C=O) groups excluding carboxylic acids is 1. The van der Waals surface area contributed by atoms with E-state index < -0.39 is 20.5 Å². The van der Waals surface area contributed by atoms with Gasteiger partial charge in [-0.05, 0) is 29.8 Å². The summed E-state index contributed by atoms with van der Waals surface area (Å²) in [5, 5.41) is 0.460. The molecule has 1 heterocycles. The smallest absolute Gasteiger partial charge is 0.244 e. The van der Waals surface area contributed by atoms with E-state index in [1.165, 1.54) is 0 Å². The highest BCUT2D eigenvalue weighted by molar-refractivity contribution is 7.91. The highest BCUT2D eigenvalue weighted by atomic mass is 35.5. The number of primary amides is 1. The van der Waals surface area contributed by atoms with Crippen molar-refractivity contribution in [1.82, 2.24) is 4.98 Å². The van der Waals surface area contributed by atoms with Gasteiger partial charge in [0.2, 0.25) is 5.91 Å². The SMILES string of the molecule is CS(=O)(=O)C1(c2ccc(Cl)c(-c3ccccn3)c2)C=CC=C(C(N)=O)C1. The molecule has 1 amide bonds. The fraction of sp³-hybridized carbons (Fsp3) is 0.158. The summed E-state index contributed by atoms with van der Waals surface area (Å²) in [5.41, 5.74) is 7.41. The largest absolute Gasteiger partial charge is 0.366 e. The molecule has 2 aromatic rings. The molecule has 2 N–H and O–H groups in total. The lowest BCUT2D eigenvalue weighted by atomic mass is 9.86. The van der Waals surface area contributed by atoms with Crippen molar-refractivity contribution in [2.45, 2.75) is 11.2 Å². The zero-order valence-electron chi connectivity index (χ0n) is 14.0. The van der Waals surface area contributed by atoms with Gasteiger partial charge in [-0.1, -0.05) is 42.0 Å². The Morgan fingerprint density at radius 1 is 1.27 bits per heavy atom. The first-order valence-corrected chi connectivity index (χ1v) is 10.1. The van der Waals surface area contributed by atoms with E-state index in [0.29, 0.717) is 21.8 Å². The molecule has 0 aliphatic heterocycles. The molecule has 1 aromatic carbocycles. The van der Waals surface area contributed by atoms with Crippen molar-refractivity contribution in [1.29, 1.82) is 0 Å². The monoisotopic (exact) mass is 388 g/mol. The normalized spacial score (nSPS) is 19.8. The molecule has 1 aliphatic rings. The van der Waals surface area contributed by atoms with Crippen LogP contribution in [0.15, 0.2) is 66.4 Å². The number of sulfone groups is 1. The van der Waals surface area contributed by atoms with Gasteiger partial charge in [0, 0.05) is 35.0 Å². The van der Waals surface area contributed by atoms with Crippen LogP contribution < -0.4 is 5.73 Å².